The highest BCUT2D eigenvalue weighted by Crippen LogP contribution is 2.22. The summed E-state index contributed by atoms with van der Waals surface area (Å²) >= 11 is 1.57. The molecule has 15 heavy (non-hydrogen) atoms. The molecule has 1 aromatic rings. The first kappa shape index (κ1) is 12.2. The molecule has 0 spiro atoms. The molecule has 1 atom stereocenters. The maximum atomic E-state index is 11.8. The van der Waals surface area contributed by atoms with Crippen LogP contribution in [0.5, 0.6) is 0 Å². The number of rotatable bonds is 5. The van der Waals surface area contributed by atoms with Gasteiger partial charge in [-0.3, -0.25) is 4.79 Å². The second kappa shape index (κ2) is 5.88. The molecule has 0 fully saturated rings. The summed E-state index contributed by atoms with van der Waals surface area (Å²) in [4.78, 5) is 11.8. The highest BCUT2D eigenvalue weighted by atomic mass is 32.1. The summed E-state index contributed by atoms with van der Waals surface area (Å²) in [5, 5.41) is 8.96. The maximum Gasteiger partial charge on any atom is 0.229 e. The minimum absolute atomic E-state index is 0.0523. The molecular formula is C11H18N2OS. The molecule has 1 heterocycles. The number of aryl methyl sites for hydroxylation is 1. The van der Waals surface area contributed by atoms with Gasteiger partial charge in [0.05, 0.1) is 10.9 Å². The van der Waals surface area contributed by atoms with Crippen molar-refractivity contribution in [2.45, 2.75) is 20.3 Å². The Morgan fingerprint density at radius 3 is 2.80 bits per heavy atom. The van der Waals surface area contributed by atoms with Crippen molar-refractivity contribution >= 4 is 22.2 Å². The first-order valence-electron chi connectivity index (χ1n) is 5.18. The van der Waals surface area contributed by atoms with E-state index in [-0.39, 0.29) is 11.8 Å². The molecule has 1 aromatic heterocycles. The molecule has 1 unspecified atom stereocenters. The number of hydrogen-bond acceptors (Lipinski definition) is 3. The Kier molecular flexibility index (Phi) is 4.78. The lowest BCUT2D eigenvalue weighted by atomic mass is 10.1. The Balaban J connectivity index is 2.58. The average Bonchev–Trinajstić information content (AvgIpc) is 2.60. The standard InChI is InChI=1S/C11H18N2OS/c1-4-9(7-12-3)10(14)13-11-8(2)5-6-15-11/h5-6,9,12H,4,7H2,1-3H3,(H,13,14). The molecule has 0 bridgehead atoms. The van der Waals surface area contributed by atoms with Gasteiger partial charge in [-0.25, -0.2) is 0 Å². The van der Waals surface area contributed by atoms with Crippen LogP contribution in [0, 0.1) is 12.8 Å². The third-order valence-corrected chi connectivity index (χ3v) is 3.34. The van der Waals surface area contributed by atoms with Crippen LogP contribution in [0.2, 0.25) is 0 Å². The largest absolute Gasteiger partial charge is 0.319 e. The molecule has 0 aliphatic carbocycles. The monoisotopic (exact) mass is 226 g/mol. The number of hydrogen-bond donors (Lipinski definition) is 2. The van der Waals surface area contributed by atoms with Gasteiger partial charge in [0.2, 0.25) is 5.91 Å². The van der Waals surface area contributed by atoms with Crippen molar-refractivity contribution < 1.29 is 4.79 Å². The van der Waals surface area contributed by atoms with Crippen LogP contribution in [0.3, 0.4) is 0 Å². The van der Waals surface area contributed by atoms with Crippen molar-refractivity contribution in [2.24, 2.45) is 5.92 Å². The van der Waals surface area contributed by atoms with Gasteiger partial charge in [0.15, 0.2) is 0 Å². The van der Waals surface area contributed by atoms with E-state index in [4.69, 9.17) is 0 Å². The van der Waals surface area contributed by atoms with E-state index in [1.54, 1.807) is 11.3 Å². The summed E-state index contributed by atoms with van der Waals surface area (Å²) in [6, 6.07) is 2.01. The summed E-state index contributed by atoms with van der Waals surface area (Å²) in [6.45, 7) is 4.76. The predicted molar refractivity (Wildman–Crippen MR) is 65.4 cm³/mol. The van der Waals surface area contributed by atoms with Crippen molar-refractivity contribution in [1.82, 2.24) is 5.32 Å². The molecule has 0 saturated carbocycles. The third kappa shape index (κ3) is 3.32. The molecule has 3 nitrogen and oxygen atoms in total. The number of carbonyl (C=O) groups excluding carboxylic acids is 1. The molecule has 1 amide bonds. The van der Waals surface area contributed by atoms with Gasteiger partial charge in [0.25, 0.3) is 0 Å². The van der Waals surface area contributed by atoms with Crippen molar-refractivity contribution in [2.75, 3.05) is 18.9 Å². The fraction of sp³-hybridized carbons (Fsp3) is 0.545. The summed E-state index contributed by atoms with van der Waals surface area (Å²) in [5.41, 5.74) is 1.13. The van der Waals surface area contributed by atoms with E-state index in [9.17, 15) is 4.79 Å². The van der Waals surface area contributed by atoms with Gasteiger partial charge >= 0.3 is 0 Å². The van der Waals surface area contributed by atoms with Crippen LogP contribution in [0.4, 0.5) is 5.00 Å². The van der Waals surface area contributed by atoms with Gasteiger partial charge in [-0.1, -0.05) is 6.92 Å². The van der Waals surface area contributed by atoms with E-state index in [0.717, 1.165) is 23.5 Å². The minimum atomic E-state index is 0.0523. The number of anilines is 1. The minimum Gasteiger partial charge on any atom is -0.319 e. The van der Waals surface area contributed by atoms with Gasteiger partial charge in [-0.2, -0.15) is 0 Å². The van der Waals surface area contributed by atoms with Crippen LogP contribution < -0.4 is 10.6 Å². The second-order valence-electron chi connectivity index (χ2n) is 3.58. The SMILES string of the molecule is CCC(CNC)C(=O)Nc1sccc1C. The van der Waals surface area contributed by atoms with E-state index in [1.165, 1.54) is 0 Å². The topological polar surface area (TPSA) is 41.1 Å². The van der Waals surface area contributed by atoms with Crippen LogP contribution >= 0.6 is 11.3 Å². The van der Waals surface area contributed by atoms with Crippen molar-refractivity contribution in [3.8, 4) is 0 Å². The normalized spacial score (nSPS) is 12.5. The highest BCUT2D eigenvalue weighted by Gasteiger charge is 2.16. The predicted octanol–water partition coefficient (Wildman–Crippen LogP) is 2.24. The van der Waals surface area contributed by atoms with Gasteiger partial charge in [0, 0.05) is 6.54 Å². The molecule has 1 rings (SSSR count). The van der Waals surface area contributed by atoms with Crippen LogP contribution in [0.1, 0.15) is 18.9 Å². The maximum absolute atomic E-state index is 11.8. The van der Waals surface area contributed by atoms with Gasteiger partial charge in [-0.15, -0.1) is 11.3 Å². The first-order valence-corrected chi connectivity index (χ1v) is 6.06. The lowest BCUT2D eigenvalue weighted by molar-refractivity contribution is -0.119. The Labute approximate surface area is 94.9 Å². The van der Waals surface area contributed by atoms with E-state index in [1.807, 2.05) is 32.3 Å². The van der Waals surface area contributed by atoms with Crippen molar-refractivity contribution in [3.05, 3.63) is 17.0 Å². The highest BCUT2D eigenvalue weighted by molar-refractivity contribution is 7.14. The lowest BCUT2D eigenvalue weighted by Crippen LogP contribution is -2.30. The average molecular weight is 226 g/mol. The van der Waals surface area contributed by atoms with Gasteiger partial charge in [-0.05, 0) is 37.4 Å². The van der Waals surface area contributed by atoms with Crippen LogP contribution in [-0.4, -0.2) is 19.5 Å². The Bertz CT molecular complexity index is 322. The fourth-order valence-electron chi connectivity index (χ4n) is 1.38. The zero-order valence-electron chi connectivity index (χ0n) is 9.46. The molecule has 0 radical (unpaired) electrons. The molecule has 0 aliphatic rings. The molecule has 0 aliphatic heterocycles. The molecule has 4 heteroatoms. The molecule has 0 saturated heterocycles. The van der Waals surface area contributed by atoms with Crippen molar-refractivity contribution in [3.63, 3.8) is 0 Å². The molecule has 2 N–H and O–H groups in total. The molecule has 0 aromatic carbocycles. The Hall–Kier alpha value is -0.870. The lowest BCUT2D eigenvalue weighted by Gasteiger charge is -2.13. The number of carbonyl (C=O) groups is 1. The van der Waals surface area contributed by atoms with Gasteiger partial charge < -0.3 is 10.6 Å². The zero-order valence-corrected chi connectivity index (χ0v) is 10.3. The number of amides is 1. The first-order chi connectivity index (χ1) is 7.19. The van der Waals surface area contributed by atoms with E-state index in [2.05, 4.69) is 10.6 Å². The van der Waals surface area contributed by atoms with Gasteiger partial charge in [0.1, 0.15) is 0 Å². The van der Waals surface area contributed by atoms with E-state index in [0.29, 0.717) is 0 Å². The van der Waals surface area contributed by atoms with Crippen LogP contribution in [-0.2, 0) is 4.79 Å². The molecular weight excluding hydrogens is 208 g/mol. The van der Waals surface area contributed by atoms with Crippen LogP contribution in [0.15, 0.2) is 11.4 Å². The number of thiophene rings is 1. The summed E-state index contributed by atoms with van der Waals surface area (Å²) in [6.07, 6.45) is 0.858. The van der Waals surface area contributed by atoms with Crippen LogP contribution in [0.25, 0.3) is 0 Å². The number of nitrogens with one attached hydrogen (secondary N) is 2. The smallest absolute Gasteiger partial charge is 0.229 e. The Morgan fingerprint density at radius 1 is 1.60 bits per heavy atom. The Morgan fingerprint density at radius 2 is 2.33 bits per heavy atom. The van der Waals surface area contributed by atoms with E-state index < -0.39 is 0 Å². The fourth-order valence-corrected chi connectivity index (χ4v) is 2.21. The van der Waals surface area contributed by atoms with E-state index >= 15 is 0 Å². The summed E-state index contributed by atoms with van der Waals surface area (Å²) in [5.74, 6) is 0.161. The summed E-state index contributed by atoms with van der Waals surface area (Å²) in [7, 11) is 1.87. The zero-order chi connectivity index (χ0) is 11.3. The second-order valence-corrected chi connectivity index (χ2v) is 4.50. The van der Waals surface area contributed by atoms with Crippen molar-refractivity contribution in [1.29, 1.82) is 0 Å². The summed E-state index contributed by atoms with van der Waals surface area (Å²) < 4.78 is 0. The quantitative estimate of drug-likeness (QED) is 0.808. The third-order valence-electron chi connectivity index (χ3n) is 2.41. The molecule has 84 valence electrons.